The molecule has 1 aliphatic heterocycles. The van der Waals surface area contributed by atoms with Gasteiger partial charge in [0.25, 0.3) is 6.34 Å². The second-order valence-electron chi connectivity index (χ2n) is 2.80. The average Bonchev–Trinajstić information content (AvgIpc) is 2.36. The lowest BCUT2D eigenvalue weighted by Gasteiger charge is -1.95. The standard InChI is InChI=1S/C9H9N2/c1-6-3-8-9(4-7(6)2)11-5-10-8/h3-4H,1-2H3,(H,10,11)/q+1. The van der Waals surface area contributed by atoms with Crippen LogP contribution in [0.3, 0.4) is 0 Å². The number of aryl methyl sites for hydroxylation is 2. The highest BCUT2D eigenvalue weighted by atomic mass is 15.0. The molecule has 0 fully saturated rings. The van der Waals surface area contributed by atoms with E-state index in [0.29, 0.717) is 0 Å². The highest BCUT2D eigenvalue weighted by molar-refractivity contribution is 5.91. The van der Waals surface area contributed by atoms with Gasteiger partial charge in [-0.25, -0.2) is 0 Å². The molecule has 0 aliphatic carbocycles. The summed E-state index contributed by atoms with van der Waals surface area (Å²) in [6, 6.07) is 4.16. The molecule has 11 heavy (non-hydrogen) atoms. The minimum atomic E-state index is 0.994. The molecule has 54 valence electrons. The average molecular weight is 145 g/mol. The molecule has 2 heteroatoms. The zero-order chi connectivity index (χ0) is 7.84. The molecule has 2 rings (SSSR count). The van der Waals surface area contributed by atoms with Crippen molar-refractivity contribution in [1.29, 1.82) is 0 Å². The van der Waals surface area contributed by atoms with Crippen LogP contribution in [0.5, 0.6) is 0 Å². The van der Waals surface area contributed by atoms with Gasteiger partial charge < -0.3 is 0 Å². The topological polar surface area (TPSA) is 24.4 Å². The summed E-state index contributed by atoms with van der Waals surface area (Å²) in [6.07, 6.45) is 2.72. The number of nitrogens with one attached hydrogen (secondary N) is 1. The maximum atomic E-state index is 4.04. The van der Waals surface area contributed by atoms with Crippen molar-refractivity contribution < 1.29 is 0 Å². The van der Waals surface area contributed by atoms with Crippen LogP contribution >= 0.6 is 0 Å². The van der Waals surface area contributed by atoms with Crippen molar-refractivity contribution in [1.82, 2.24) is 0 Å². The third kappa shape index (κ3) is 0.883. The van der Waals surface area contributed by atoms with Crippen molar-refractivity contribution in [3.8, 4) is 0 Å². The number of anilines is 1. The van der Waals surface area contributed by atoms with Crippen molar-refractivity contribution >= 4 is 17.7 Å². The molecule has 0 spiro atoms. The predicted molar refractivity (Wildman–Crippen MR) is 46.6 cm³/mol. The molecule has 0 radical (unpaired) electrons. The Morgan fingerprint density at radius 3 is 2.82 bits per heavy atom. The van der Waals surface area contributed by atoms with Crippen LogP contribution < -0.4 is 5.32 Å². The highest BCUT2D eigenvalue weighted by Gasteiger charge is 2.18. The van der Waals surface area contributed by atoms with Crippen molar-refractivity contribution in [2.45, 2.75) is 13.8 Å². The summed E-state index contributed by atoms with van der Waals surface area (Å²) < 4.78 is 0. The van der Waals surface area contributed by atoms with Crippen molar-refractivity contribution in [3.05, 3.63) is 23.3 Å². The van der Waals surface area contributed by atoms with Crippen LogP contribution in [0, 0.1) is 13.8 Å². The second-order valence-corrected chi connectivity index (χ2v) is 2.80. The first-order valence-electron chi connectivity index (χ1n) is 3.60. The lowest BCUT2D eigenvalue weighted by molar-refractivity contribution is 1.34. The molecule has 0 aromatic heterocycles. The summed E-state index contributed by atoms with van der Waals surface area (Å²) in [5, 5.41) is 2.95. The molecule has 0 unspecified atom stereocenters. The molecule has 1 heterocycles. The van der Waals surface area contributed by atoms with E-state index >= 15 is 0 Å². The number of hydrogen-bond donors (Lipinski definition) is 1. The van der Waals surface area contributed by atoms with Gasteiger partial charge in [-0.2, -0.15) is 5.32 Å². The lowest BCUT2D eigenvalue weighted by atomic mass is 10.1. The summed E-state index contributed by atoms with van der Waals surface area (Å²) in [5.41, 5.74) is 4.62. The van der Waals surface area contributed by atoms with Gasteiger partial charge in [-0.15, -0.1) is 0 Å². The number of hydrogen-bond acceptors (Lipinski definition) is 2. The summed E-state index contributed by atoms with van der Waals surface area (Å²) >= 11 is 0. The Morgan fingerprint density at radius 2 is 2.00 bits per heavy atom. The predicted octanol–water partition coefficient (Wildman–Crippen LogP) is 2.27. The number of aliphatic imine (C=N–C) groups is 1. The first-order valence-corrected chi connectivity index (χ1v) is 3.60. The van der Waals surface area contributed by atoms with Gasteiger partial charge in [0.05, 0.1) is 0 Å². The van der Waals surface area contributed by atoms with Gasteiger partial charge in [-0.3, -0.25) is 0 Å². The Kier molecular flexibility index (Phi) is 1.17. The first-order chi connectivity index (χ1) is 5.27. The van der Waals surface area contributed by atoms with Crippen molar-refractivity contribution in [2.75, 3.05) is 5.32 Å². The van der Waals surface area contributed by atoms with E-state index in [-0.39, 0.29) is 0 Å². The minimum Gasteiger partial charge on any atom is -0.178 e. The Bertz CT molecular complexity index is 327. The largest absolute Gasteiger partial charge is 0.254 e. The Morgan fingerprint density at radius 1 is 1.27 bits per heavy atom. The van der Waals surface area contributed by atoms with Crippen LogP contribution in [-0.2, 0) is 0 Å². The fourth-order valence-corrected chi connectivity index (χ4v) is 1.14. The molecular formula is C9H9N2+. The number of benzene rings is 1. The normalized spacial score (nSPS) is 12.2. The van der Waals surface area contributed by atoms with E-state index in [4.69, 9.17) is 0 Å². The van der Waals surface area contributed by atoms with E-state index in [1.54, 1.807) is 0 Å². The van der Waals surface area contributed by atoms with Gasteiger partial charge in [0, 0.05) is 12.1 Å². The molecule has 0 amide bonds. The van der Waals surface area contributed by atoms with Crippen LogP contribution in [0.15, 0.2) is 17.1 Å². The molecule has 0 bridgehead atoms. The van der Waals surface area contributed by atoms with E-state index in [1.807, 2.05) is 0 Å². The van der Waals surface area contributed by atoms with Gasteiger partial charge >= 0.3 is 0 Å². The maximum Gasteiger partial charge on any atom is 0.254 e. The van der Waals surface area contributed by atoms with Crippen LogP contribution in [0.4, 0.5) is 11.4 Å². The number of rotatable bonds is 0. The summed E-state index contributed by atoms with van der Waals surface area (Å²) in [4.78, 5) is 4.04. The van der Waals surface area contributed by atoms with E-state index in [0.717, 1.165) is 11.4 Å². The highest BCUT2D eigenvalue weighted by Crippen LogP contribution is 2.30. The third-order valence-corrected chi connectivity index (χ3v) is 1.98. The van der Waals surface area contributed by atoms with E-state index in [1.165, 1.54) is 11.1 Å². The number of nitrogens with zero attached hydrogens (tertiary/aromatic N) is 1. The van der Waals surface area contributed by atoms with E-state index < -0.39 is 0 Å². The molecule has 1 aromatic rings. The monoisotopic (exact) mass is 145 g/mol. The van der Waals surface area contributed by atoms with Gasteiger partial charge in [-0.05, 0) is 30.0 Å². The van der Waals surface area contributed by atoms with E-state index in [2.05, 4.69) is 42.6 Å². The molecular weight excluding hydrogens is 136 g/mol. The zero-order valence-electron chi connectivity index (χ0n) is 6.60. The van der Waals surface area contributed by atoms with Crippen LogP contribution in [-0.4, -0.2) is 6.34 Å². The van der Waals surface area contributed by atoms with Gasteiger partial charge in [0.2, 0.25) is 11.4 Å². The number of fused-ring (bicyclic) bond motifs is 1. The molecule has 1 aromatic carbocycles. The minimum absolute atomic E-state index is 0.994. The molecule has 2 nitrogen and oxygen atoms in total. The summed E-state index contributed by atoms with van der Waals surface area (Å²) in [6.45, 7) is 4.18. The van der Waals surface area contributed by atoms with Gasteiger partial charge in [0.15, 0.2) is 0 Å². The Labute approximate surface area is 66.0 Å². The molecule has 1 N–H and O–H groups in total. The fraction of sp³-hybridized carbons (Fsp3) is 0.222. The SMILES string of the molecule is Cc1cc2c(cc1C)N[C+]=N2. The summed E-state index contributed by atoms with van der Waals surface area (Å²) in [7, 11) is 0. The fourth-order valence-electron chi connectivity index (χ4n) is 1.14. The lowest BCUT2D eigenvalue weighted by Crippen LogP contribution is -1.88. The first kappa shape index (κ1) is 6.32. The van der Waals surface area contributed by atoms with Crippen LogP contribution in [0.25, 0.3) is 0 Å². The van der Waals surface area contributed by atoms with Gasteiger partial charge in [0.1, 0.15) is 0 Å². The van der Waals surface area contributed by atoms with Crippen molar-refractivity contribution in [3.63, 3.8) is 0 Å². The smallest absolute Gasteiger partial charge is 0.178 e. The van der Waals surface area contributed by atoms with Crippen LogP contribution in [0.1, 0.15) is 11.1 Å². The van der Waals surface area contributed by atoms with Crippen LogP contribution in [0.2, 0.25) is 0 Å². The molecule has 0 saturated heterocycles. The molecule has 0 atom stereocenters. The zero-order valence-corrected chi connectivity index (χ0v) is 6.60. The van der Waals surface area contributed by atoms with Crippen molar-refractivity contribution in [2.24, 2.45) is 4.99 Å². The quantitative estimate of drug-likeness (QED) is 0.556. The maximum absolute atomic E-state index is 4.04. The Balaban J connectivity index is 2.63. The third-order valence-electron chi connectivity index (χ3n) is 1.98. The van der Waals surface area contributed by atoms with Gasteiger partial charge in [-0.1, -0.05) is 0 Å². The molecule has 0 saturated carbocycles. The summed E-state index contributed by atoms with van der Waals surface area (Å²) in [5.74, 6) is 0. The van der Waals surface area contributed by atoms with E-state index in [9.17, 15) is 0 Å². The second kappa shape index (κ2) is 2.04. The molecule has 1 aliphatic rings. The Hall–Kier alpha value is -1.40.